The number of halogens is 1. The summed E-state index contributed by atoms with van der Waals surface area (Å²) >= 11 is 0. The summed E-state index contributed by atoms with van der Waals surface area (Å²) < 4.78 is 14.5. The second-order valence-electron chi connectivity index (χ2n) is 9.63. The minimum atomic E-state index is -0.602. The zero-order chi connectivity index (χ0) is 16.5. The fraction of sp³-hybridized carbons (Fsp3) is 1.00. The first-order chi connectivity index (χ1) is 10.1. The van der Waals surface area contributed by atoms with Gasteiger partial charge in [-0.2, -0.15) is 0 Å². The van der Waals surface area contributed by atoms with E-state index in [1.807, 2.05) is 0 Å². The first-order valence-corrected chi connectivity index (χ1v) is 9.19. The van der Waals surface area contributed by atoms with E-state index < -0.39 is 6.17 Å². The Bertz CT molecular complexity index is 347. The number of hydrogen-bond donors (Lipinski definition) is 0. The molecule has 1 saturated carbocycles. The second-order valence-corrected chi connectivity index (χ2v) is 9.63. The molecule has 0 N–H and O–H groups in total. The van der Waals surface area contributed by atoms with Crippen molar-refractivity contribution in [3.05, 3.63) is 0 Å². The first-order valence-electron chi connectivity index (χ1n) is 9.19. The standard InChI is InChI=1S/C19H37FN2/c1-18(2,3)16-8-7-15(13-17(16)20)14-21-9-11-22(12-10-21)19(4,5)6/h15-17H,7-14H2,1-6H3. The van der Waals surface area contributed by atoms with Gasteiger partial charge in [0.1, 0.15) is 6.17 Å². The van der Waals surface area contributed by atoms with Gasteiger partial charge in [0.25, 0.3) is 0 Å². The Morgan fingerprint density at radius 2 is 1.50 bits per heavy atom. The predicted octanol–water partition coefficient (Wildman–Crippen LogP) is 4.20. The van der Waals surface area contributed by atoms with Crippen LogP contribution in [-0.4, -0.2) is 54.2 Å². The van der Waals surface area contributed by atoms with Gasteiger partial charge in [0.05, 0.1) is 0 Å². The second kappa shape index (κ2) is 6.76. The van der Waals surface area contributed by atoms with E-state index in [-0.39, 0.29) is 16.9 Å². The molecule has 1 heterocycles. The summed E-state index contributed by atoms with van der Waals surface area (Å²) in [5, 5.41) is 0. The molecule has 0 aromatic rings. The van der Waals surface area contributed by atoms with Gasteiger partial charge in [-0.15, -0.1) is 0 Å². The van der Waals surface area contributed by atoms with Crippen LogP contribution in [0, 0.1) is 17.3 Å². The van der Waals surface area contributed by atoms with Crippen molar-refractivity contribution in [1.82, 2.24) is 9.80 Å². The molecule has 0 amide bonds. The lowest BCUT2D eigenvalue weighted by atomic mass is 9.68. The molecule has 2 rings (SSSR count). The zero-order valence-electron chi connectivity index (χ0n) is 15.7. The van der Waals surface area contributed by atoms with Crippen LogP contribution in [0.2, 0.25) is 0 Å². The SMILES string of the molecule is CC(C)(C)C1CCC(CN2CCN(C(C)(C)C)CC2)CC1F. The van der Waals surface area contributed by atoms with Crippen LogP contribution in [0.1, 0.15) is 60.8 Å². The molecule has 0 aromatic heterocycles. The molecule has 3 unspecified atom stereocenters. The molecular formula is C19H37FN2. The average Bonchev–Trinajstić information content (AvgIpc) is 2.36. The van der Waals surface area contributed by atoms with Crippen LogP contribution in [0.3, 0.4) is 0 Å². The Morgan fingerprint density at radius 1 is 0.909 bits per heavy atom. The molecule has 2 fully saturated rings. The molecule has 0 radical (unpaired) electrons. The zero-order valence-corrected chi connectivity index (χ0v) is 15.7. The molecule has 0 spiro atoms. The minimum Gasteiger partial charge on any atom is -0.301 e. The molecule has 1 aliphatic carbocycles. The van der Waals surface area contributed by atoms with E-state index in [0.29, 0.717) is 5.92 Å². The maximum Gasteiger partial charge on any atom is 0.104 e. The van der Waals surface area contributed by atoms with E-state index in [9.17, 15) is 4.39 Å². The monoisotopic (exact) mass is 312 g/mol. The molecule has 1 saturated heterocycles. The first kappa shape index (κ1) is 18.2. The lowest BCUT2D eigenvalue weighted by Gasteiger charge is -2.44. The number of hydrogen-bond acceptors (Lipinski definition) is 2. The van der Waals surface area contributed by atoms with E-state index in [0.717, 1.165) is 45.6 Å². The molecular weight excluding hydrogens is 275 g/mol. The number of nitrogens with zero attached hydrogens (tertiary/aromatic N) is 2. The summed E-state index contributed by atoms with van der Waals surface area (Å²) in [6, 6.07) is 0. The fourth-order valence-electron chi connectivity index (χ4n) is 4.30. The maximum atomic E-state index is 14.5. The molecule has 2 aliphatic rings. The Balaban J connectivity index is 1.77. The van der Waals surface area contributed by atoms with Crippen LogP contribution in [-0.2, 0) is 0 Å². The smallest absolute Gasteiger partial charge is 0.104 e. The molecule has 0 aromatic carbocycles. The lowest BCUT2D eigenvalue weighted by molar-refractivity contribution is 0.0208. The van der Waals surface area contributed by atoms with Gasteiger partial charge in [-0.25, -0.2) is 4.39 Å². The van der Waals surface area contributed by atoms with Crippen molar-refractivity contribution in [2.45, 2.75) is 72.5 Å². The number of alkyl halides is 1. The van der Waals surface area contributed by atoms with Gasteiger partial charge in [-0.1, -0.05) is 20.8 Å². The van der Waals surface area contributed by atoms with E-state index in [2.05, 4.69) is 51.3 Å². The Morgan fingerprint density at radius 3 is 1.95 bits per heavy atom. The van der Waals surface area contributed by atoms with E-state index in [1.165, 1.54) is 6.42 Å². The summed E-state index contributed by atoms with van der Waals surface area (Å²) in [6.45, 7) is 19.2. The summed E-state index contributed by atoms with van der Waals surface area (Å²) in [4.78, 5) is 5.13. The third-order valence-electron chi connectivity index (χ3n) is 5.83. The largest absolute Gasteiger partial charge is 0.301 e. The van der Waals surface area contributed by atoms with Crippen LogP contribution >= 0.6 is 0 Å². The van der Waals surface area contributed by atoms with Crippen molar-refractivity contribution in [3.8, 4) is 0 Å². The predicted molar refractivity (Wildman–Crippen MR) is 92.9 cm³/mol. The van der Waals surface area contributed by atoms with Crippen molar-refractivity contribution >= 4 is 0 Å². The highest BCUT2D eigenvalue weighted by atomic mass is 19.1. The van der Waals surface area contributed by atoms with Crippen molar-refractivity contribution in [1.29, 1.82) is 0 Å². The van der Waals surface area contributed by atoms with Gasteiger partial charge in [0, 0.05) is 38.3 Å². The van der Waals surface area contributed by atoms with Gasteiger partial charge in [0.2, 0.25) is 0 Å². The molecule has 130 valence electrons. The fourth-order valence-corrected chi connectivity index (χ4v) is 4.30. The van der Waals surface area contributed by atoms with Crippen molar-refractivity contribution in [2.24, 2.45) is 17.3 Å². The van der Waals surface area contributed by atoms with Crippen LogP contribution in [0.4, 0.5) is 4.39 Å². The molecule has 22 heavy (non-hydrogen) atoms. The van der Waals surface area contributed by atoms with Gasteiger partial charge in [-0.05, 0) is 57.3 Å². The van der Waals surface area contributed by atoms with Crippen molar-refractivity contribution in [3.63, 3.8) is 0 Å². The van der Waals surface area contributed by atoms with Crippen LogP contribution in [0.5, 0.6) is 0 Å². The highest BCUT2D eigenvalue weighted by Crippen LogP contribution is 2.41. The molecule has 1 aliphatic heterocycles. The highest BCUT2D eigenvalue weighted by molar-refractivity contribution is 4.89. The average molecular weight is 313 g/mol. The van der Waals surface area contributed by atoms with Crippen molar-refractivity contribution in [2.75, 3.05) is 32.7 Å². The van der Waals surface area contributed by atoms with Crippen LogP contribution in [0.15, 0.2) is 0 Å². The topological polar surface area (TPSA) is 6.48 Å². The number of rotatable bonds is 2. The van der Waals surface area contributed by atoms with Gasteiger partial charge >= 0.3 is 0 Å². The maximum absolute atomic E-state index is 14.5. The summed E-state index contributed by atoms with van der Waals surface area (Å²) in [5.41, 5.74) is 0.392. The van der Waals surface area contributed by atoms with Gasteiger partial charge in [0.15, 0.2) is 0 Å². The van der Waals surface area contributed by atoms with Gasteiger partial charge < -0.3 is 4.90 Å². The molecule has 0 bridgehead atoms. The van der Waals surface area contributed by atoms with E-state index >= 15 is 0 Å². The Hall–Kier alpha value is -0.150. The van der Waals surface area contributed by atoms with E-state index in [1.54, 1.807) is 0 Å². The summed E-state index contributed by atoms with van der Waals surface area (Å²) in [5.74, 6) is 0.816. The third-order valence-corrected chi connectivity index (χ3v) is 5.83. The quantitative estimate of drug-likeness (QED) is 0.754. The van der Waals surface area contributed by atoms with Gasteiger partial charge in [-0.3, -0.25) is 4.90 Å². The van der Waals surface area contributed by atoms with Crippen molar-refractivity contribution < 1.29 is 4.39 Å². The lowest BCUT2D eigenvalue weighted by Crippen LogP contribution is -2.54. The highest BCUT2D eigenvalue weighted by Gasteiger charge is 2.38. The minimum absolute atomic E-state index is 0.114. The van der Waals surface area contributed by atoms with Crippen LogP contribution < -0.4 is 0 Å². The normalized spacial score (nSPS) is 33.1. The van der Waals surface area contributed by atoms with Crippen LogP contribution in [0.25, 0.3) is 0 Å². The molecule has 3 atom stereocenters. The summed E-state index contributed by atoms with van der Waals surface area (Å²) in [7, 11) is 0. The number of piperazine rings is 1. The molecule has 3 heteroatoms. The summed E-state index contributed by atoms with van der Waals surface area (Å²) in [6.07, 6.45) is 2.45. The molecule has 2 nitrogen and oxygen atoms in total. The Kier molecular flexibility index (Phi) is 5.59. The van der Waals surface area contributed by atoms with E-state index in [4.69, 9.17) is 0 Å². The third kappa shape index (κ3) is 4.67. The Labute approximate surface area is 137 Å².